The summed E-state index contributed by atoms with van der Waals surface area (Å²) in [6, 6.07) is 3.67. The van der Waals surface area contributed by atoms with E-state index in [0.29, 0.717) is 5.75 Å². The summed E-state index contributed by atoms with van der Waals surface area (Å²) >= 11 is 0. The van der Waals surface area contributed by atoms with Crippen LogP contribution in [0.5, 0.6) is 0 Å². The standard InChI is InChI=1S/C8H13N3OS/c1-3-13(12)11-7-4-5-8(9-2)10-6-7/h4-6,11H,3H2,1-2H3,(H,9,10). The molecule has 1 unspecified atom stereocenters. The topological polar surface area (TPSA) is 54.0 Å². The van der Waals surface area contributed by atoms with Crippen molar-refractivity contribution in [3.8, 4) is 0 Å². The molecule has 0 aliphatic carbocycles. The first-order valence-electron chi connectivity index (χ1n) is 4.05. The number of nitrogens with one attached hydrogen (secondary N) is 2. The van der Waals surface area contributed by atoms with Crippen molar-refractivity contribution >= 4 is 22.5 Å². The number of hydrogen-bond donors (Lipinski definition) is 2. The second kappa shape index (κ2) is 4.81. The van der Waals surface area contributed by atoms with Crippen LogP contribution in [-0.2, 0) is 11.0 Å². The number of pyridine rings is 1. The van der Waals surface area contributed by atoms with E-state index in [1.54, 1.807) is 13.2 Å². The minimum atomic E-state index is -0.997. The fraction of sp³-hybridized carbons (Fsp3) is 0.375. The summed E-state index contributed by atoms with van der Waals surface area (Å²) in [6.07, 6.45) is 1.65. The van der Waals surface area contributed by atoms with Crippen molar-refractivity contribution in [3.05, 3.63) is 18.3 Å². The van der Waals surface area contributed by atoms with Crippen LogP contribution in [0.3, 0.4) is 0 Å². The number of aromatic nitrogens is 1. The molecule has 72 valence electrons. The molecule has 13 heavy (non-hydrogen) atoms. The molecule has 5 heteroatoms. The number of hydrogen-bond acceptors (Lipinski definition) is 3. The minimum absolute atomic E-state index is 0.591. The van der Waals surface area contributed by atoms with Gasteiger partial charge in [0.1, 0.15) is 16.8 Å². The van der Waals surface area contributed by atoms with E-state index in [1.807, 2.05) is 19.1 Å². The lowest BCUT2D eigenvalue weighted by Crippen LogP contribution is -2.06. The Labute approximate surface area is 80.4 Å². The fourth-order valence-electron chi connectivity index (χ4n) is 0.806. The maximum absolute atomic E-state index is 11.1. The first kappa shape index (κ1) is 9.98. The second-order valence-corrected chi connectivity index (χ2v) is 3.89. The van der Waals surface area contributed by atoms with Crippen molar-refractivity contribution in [2.75, 3.05) is 22.8 Å². The van der Waals surface area contributed by atoms with Gasteiger partial charge in [-0.2, -0.15) is 0 Å². The van der Waals surface area contributed by atoms with Gasteiger partial charge in [-0.25, -0.2) is 9.19 Å². The van der Waals surface area contributed by atoms with Gasteiger partial charge in [-0.15, -0.1) is 0 Å². The van der Waals surface area contributed by atoms with E-state index in [0.717, 1.165) is 11.5 Å². The van der Waals surface area contributed by atoms with Crippen molar-refractivity contribution in [1.29, 1.82) is 0 Å². The number of anilines is 2. The first-order chi connectivity index (χ1) is 6.26. The van der Waals surface area contributed by atoms with Gasteiger partial charge < -0.3 is 10.0 Å². The third-order valence-corrected chi connectivity index (χ3v) is 2.50. The smallest absolute Gasteiger partial charge is 0.125 e. The van der Waals surface area contributed by atoms with Crippen LogP contribution in [0, 0.1) is 0 Å². The SMILES string of the molecule is CCS(=O)Nc1ccc(NC)nc1. The monoisotopic (exact) mass is 199 g/mol. The summed E-state index contributed by atoms with van der Waals surface area (Å²) in [7, 11) is 0.808. The average molecular weight is 199 g/mol. The van der Waals surface area contributed by atoms with Crippen molar-refractivity contribution < 1.29 is 4.21 Å². The number of rotatable bonds is 4. The van der Waals surface area contributed by atoms with Gasteiger partial charge in [-0.3, -0.25) is 0 Å². The zero-order chi connectivity index (χ0) is 9.68. The molecule has 0 aliphatic rings. The third-order valence-electron chi connectivity index (χ3n) is 1.51. The van der Waals surface area contributed by atoms with E-state index in [-0.39, 0.29) is 0 Å². The minimum Gasteiger partial charge on any atom is -0.373 e. The average Bonchev–Trinajstić information content (AvgIpc) is 2.19. The maximum Gasteiger partial charge on any atom is 0.125 e. The zero-order valence-electron chi connectivity index (χ0n) is 7.70. The highest BCUT2D eigenvalue weighted by atomic mass is 32.2. The molecule has 0 saturated carbocycles. The highest BCUT2D eigenvalue weighted by Crippen LogP contribution is 2.09. The lowest BCUT2D eigenvalue weighted by atomic mass is 10.4. The molecule has 0 aromatic carbocycles. The molecule has 1 aromatic rings. The number of nitrogens with zero attached hydrogens (tertiary/aromatic N) is 1. The third kappa shape index (κ3) is 3.02. The second-order valence-electron chi connectivity index (χ2n) is 2.42. The Morgan fingerprint density at radius 2 is 2.31 bits per heavy atom. The molecule has 1 heterocycles. The van der Waals surface area contributed by atoms with Crippen LogP contribution in [0.25, 0.3) is 0 Å². The maximum atomic E-state index is 11.1. The summed E-state index contributed by atoms with van der Waals surface area (Å²) in [5.41, 5.74) is 0.777. The normalized spacial score (nSPS) is 12.2. The summed E-state index contributed by atoms with van der Waals surface area (Å²) in [6.45, 7) is 1.86. The van der Waals surface area contributed by atoms with Crippen molar-refractivity contribution in [1.82, 2.24) is 4.98 Å². The lowest BCUT2D eigenvalue weighted by molar-refractivity contribution is 0.687. The molecule has 0 bridgehead atoms. The summed E-state index contributed by atoms with van der Waals surface area (Å²) in [4.78, 5) is 4.08. The summed E-state index contributed by atoms with van der Waals surface area (Å²) < 4.78 is 13.9. The zero-order valence-corrected chi connectivity index (χ0v) is 8.52. The molecule has 1 aromatic heterocycles. The summed E-state index contributed by atoms with van der Waals surface area (Å²) in [5.74, 6) is 1.39. The molecule has 0 spiro atoms. The van der Waals surface area contributed by atoms with E-state index < -0.39 is 11.0 Å². The lowest BCUT2D eigenvalue weighted by Gasteiger charge is -2.04. The van der Waals surface area contributed by atoms with Gasteiger partial charge in [-0.1, -0.05) is 6.92 Å². The van der Waals surface area contributed by atoms with E-state index in [1.165, 1.54) is 0 Å². The Hall–Kier alpha value is -1.10. The van der Waals surface area contributed by atoms with Crippen LogP contribution in [0.2, 0.25) is 0 Å². The van der Waals surface area contributed by atoms with Crippen LogP contribution in [0.4, 0.5) is 11.5 Å². The van der Waals surface area contributed by atoms with Crippen molar-refractivity contribution in [3.63, 3.8) is 0 Å². The van der Waals surface area contributed by atoms with Crippen LogP contribution >= 0.6 is 0 Å². The van der Waals surface area contributed by atoms with Gasteiger partial charge >= 0.3 is 0 Å². The van der Waals surface area contributed by atoms with Crippen LogP contribution < -0.4 is 10.0 Å². The Kier molecular flexibility index (Phi) is 3.70. The van der Waals surface area contributed by atoms with Crippen LogP contribution in [-0.4, -0.2) is 22.0 Å². The molecule has 0 amide bonds. The first-order valence-corrected chi connectivity index (χ1v) is 5.37. The van der Waals surface area contributed by atoms with Gasteiger partial charge in [0.05, 0.1) is 11.9 Å². The molecule has 0 aliphatic heterocycles. The van der Waals surface area contributed by atoms with Crippen molar-refractivity contribution in [2.45, 2.75) is 6.92 Å². The Bertz CT molecular complexity index is 286. The van der Waals surface area contributed by atoms with Gasteiger partial charge in [-0.05, 0) is 12.1 Å². The molecular weight excluding hydrogens is 186 g/mol. The molecular formula is C8H13N3OS. The highest BCUT2D eigenvalue weighted by molar-refractivity contribution is 7.86. The van der Waals surface area contributed by atoms with Gasteiger partial charge in [0.2, 0.25) is 0 Å². The predicted molar refractivity (Wildman–Crippen MR) is 56.1 cm³/mol. The molecule has 0 radical (unpaired) electrons. The van der Waals surface area contributed by atoms with Gasteiger partial charge in [0.25, 0.3) is 0 Å². The van der Waals surface area contributed by atoms with E-state index in [4.69, 9.17) is 0 Å². The van der Waals surface area contributed by atoms with E-state index >= 15 is 0 Å². The summed E-state index contributed by atoms with van der Waals surface area (Å²) in [5, 5.41) is 2.91. The van der Waals surface area contributed by atoms with Crippen LogP contribution in [0.1, 0.15) is 6.92 Å². The van der Waals surface area contributed by atoms with Gasteiger partial charge in [0, 0.05) is 12.8 Å². The molecule has 4 nitrogen and oxygen atoms in total. The molecule has 0 fully saturated rings. The Balaban J connectivity index is 2.64. The van der Waals surface area contributed by atoms with Crippen molar-refractivity contribution in [2.24, 2.45) is 0 Å². The van der Waals surface area contributed by atoms with Gasteiger partial charge in [0.15, 0.2) is 0 Å². The Morgan fingerprint density at radius 1 is 1.54 bits per heavy atom. The van der Waals surface area contributed by atoms with Crippen LogP contribution in [0.15, 0.2) is 18.3 Å². The Morgan fingerprint density at radius 3 is 2.77 bits per heavy atom. The van der Waals surface area contributed by atoms with E-state index in [9.17, 15) is 4.21 Å². The molecule has 2 N–H and O–H groups in total. The highest BCUT2D eigenvalue weighted by Gasteiger charge is 1.96. The quantitative estimate of drug-likeness (QED) is 0.766. The molecule has 1 atom stereocenters. The largest absolute Gasteiger partial charge is 0.373 e. The molecule has 1 rings (SSSR count). The molecule has 0 saturated heterocycles. The fourth-order valence-corrected chi connectivity index (χ4v) is 1.33. The van der Waals surface area contributed by atoms with E-state index in [2.05, 4.69) is 15.0 Å². The predicted octanol–water partition coefficient (Wildman–Crippen LogP) is 1.22.